The molecule has 382 valence electrons. The largest absolute Gasteiger partial charge is 0.403 e. The molecule has 6 fully saturated rings. The Morgan fingerprint density at radius 2 is 1.73 bits per heavy atom. The molecule has 4 saturated carbocycles. The number of benzene rings is 1. The molecule has 2 spiro atoms. The van der Waals surface area contributed by atoms with E-state index in [0.29, 0.717) is 66.9 Å². The van der Waals surface area contributed by atoms with Gasteiger partial charge in [-0.25, -0.2) is 4.39 Å². The molecule has 2 aliphatic heterocycles. The van der Waals surface area contributed by atoms with Crippen LogP contribution in [0.25, 0.3) is 10.4 Å². The molecule has 7 amide bonds. The number of rotatable bonds is 11. The highest BCUT2D eigenvalue weighted by Gasteiger charge is 2.74. The van der Waals surface area contributed by atoms with E-state index in [4.69, 9.17) is 11.6 Å². The summed E-state index contributed by atoms with van der Waals surface area (Å²) in [5.41, 5.74) is -1.40. The summed E-state index contributed by atoms with van der Waals surface area (Å²) in [4.78, 5) is 108. The number of hydrogen-bond donors (Lipinski definition) is 4. The Morgan fingerprint density at radius 3 is 2.33 bits per heavy atom. The topological polar surface area (TPSA) is 190 Å². The number of carbonyl (C=O) groups excluding carboxylic acids is 7. The molecular formula is C49H63ClF4N8O7S. The van der Waals surface area contributed by atoms with Crippen molar-refractivity contribution in [1.29, 1.82) is 0 Å². The van der Waals surface area contributed by atoms with E-state index in [1.807, 2.05) is 19.9 Å². The Labute approximate surface area is 413 Å². The first-order valence-electron chi connectivity index (χ1n) is 24.5. The van der Waals surface area contributed by atoms with Crippen LogP contribution in [0.3, 0.4) is 0 Å². The predicted octanol–water partition coefficient (Wildman–Crippen LogP) is 5.49. The van der Waals surface area contributed by atoms with Crippen molar-refractivity contribution in [2.75, 3.05) is 27.2 Å². The lowest BCUT2D eigenvalue weighted by molar-refractivity contribution is -0.285. The van der Waals surface area contributed by atoms with Gasteiger partial charge in [0.15, 0.2) is 0 Å². The summed E-state index contributed by atoms with van der Waals surface area (Å²) >= 11 is 7.88. The third-order valence-electron chi connectivity index (χ3n) is 15.7. The maximum absolute atomic E-state index is 15.1. The van der Waals surface area contributed by atoms with Gasteiger partial charge in [-0.3, -0.25) is 38.5 Å². The highest BCUT2D eigenvalue weighted by molar-refractivity contribution is 7.13. The summed E-state index contributed by atoms with van der Waals surface area (Å²) in [7, 11) is 2.86. The minimum atomic E-state index is -4.90. The van der Waals surface area contributed by atoms with E-state index in [-0.39, 0.29) is 37.6 Å². The van der Waals surface area contributed by atoms with Crippen LogP contribution < -0.4 is 21.3 Å². The van der Waals surface area contributed by atoms with Gasteiger partial charge in [0.2, 0.25) is 41.4 Å². The van der Waals surface area contributed by atoms with Crippen LogP contribution in [-0.4, -0.2) is 136 Å². The molecule has 70 heavy (non-hydrogen) atoms. The number of halogens is 5. The molecule has 4 N–H and O–H groups in total. The van der Waals surface area contributed by atoms with Crippen LogP contribution in [0.2, 0.25) is 5.02 Å². The van der Waals surface area contributed by atoms with E-state index in [1.165, 1.54) is 35.2 Å². The maximum atomic E-state index is 15.1. The summed E-state index contributed by atoms with van der Waals surface area (Å²) in [6.45, 7) is 3.24. The summed E-state index contributed by atoms with van der Waals surface area (Å²) in [6.07, 6.45) is -1.71. The van der Waals surface area contributed by atoms with Gasteiger partial charge in [0, 0.05) is 44.7 Å². The molecule has 0 bridgehead atoms. The zero-order valence-corrected chi connectivity index (χ0v) is 41.5. The van der Waals surface area contributed by atoms with Gasteiger partial charge in [-0.15, -0.1) is 11.3 Å². The van der Waals surface area contributed by atoms with Crippen LogP contribution in [-0.2, 0) is 40.0 Å². The monoisotopic (exact) mass is 1020 g/mol. The van der Waals surface area contributed by atoms with E-state index in [2.05, 4.69) is 26.3 Å². The molecule has 21 heteroatoms. The summed E-state index contributed by atoms with van der Waals surface area (Å²) in [5, 5.41) is 11.8. The first kappa shape index (κ1) is 51.5. The van der Waals surface area contributed by atoms with Crippen LogP contribution in [0.1, 0.15) is 109 Å². The van der Waals surface area contributed by atoms with Gasteiger partial charge >= 0.3 is 6.18 Å². The van der Waals surface area contributed by atoms with Crippen molar-refractivity contribution in [3.8, 4) is 10.4 Å². The number of carbonyl (C=O) groups is 7. The molecule has 0 radical (unpaired) electrons. The van der Waals surface area contributed by atoms with Crippen molar-refractivity contribution >= 4 is 64.3 Å². The Hall–Kier alpha value is -4.85. The van der Waals surface area contributed by atoms with Gasteiger partial charge < -0.3 is 36.0 Å². The fourth-order valence-electron chi connectivity index (χ4n) is 11.2. The van der Waals surface area contributed by atoms with Crippen LogP contribution >= 0.6 is 22.9 Å². The predicted molar refractivity (Wildman–Crippen MR) is 251 cm³/mol. The lowest BCUT2D eigenvalue weighted by atomic mass is 9.44. The van der Waals surface area contributed by atoms with Crippen LogP contribution in [0.5, 0.6) is 0 Å². The Kier molecular flexibility index (Phi) is 14.7. The smallest absolute Gasteiger partial charge is 0.354 e. The highest BCUT2D eigenvalue weighted by atomic mass is 35.5. The van der Waals surface area contributed by atoms with E-state index in [9.17, 15) is 46.7 Å². The molecule has 2 saturated heterocycles. The zero-order valence-electron chi connectivity index (χ0n) is 40.0. The second-order valence-electron chi connectivity index (χ2n) is 21.2. The lowest BCUT2D eigenvalue weighted by Gasteiger charge is -2.60. The number of thiazole rings is 1. The minimum absolute atomic E-state index is 0.0152. The SMILES string of the molecule is CC(C)C[C@@H]1NC(=O)[C@@H](N(C)C(=O)[C@@H](NC(=O)[C@@H]2C[C@@H](F)CN2C(=O)C2(C(F)(F)F)CC3(CCC3)C2)C2CC2)CCCCNC(=O)C2(CC2)NC(=O)[C@H](Cc2cc(Cl)ccc2-c2cncs2)N(C)C1=O. The van der Waals surface area contributed by atoms with Crippen LogP contribution in [0, 0.1) is 22.7 Å². The first-order chi connectivity index (χ1) is 33.1. The molecule has 1 aromatic heterocycles. The number of hydrogen-bond acceptors (Lipinski definition) is 9. The van der Waals surface area contributed by atoms with Gasteiger partial charge in [-0.2, -0.15) is 13.2 Å². The Bertz CT molecular complexity index is 2350. The molecule has 3 heterocycles. The summed E-state index contributed by atoms with van der Waals surface area (Å²) in [5.74, 6) is -5.74. The van der Waals surface area contributed by atoms with Gasteiger partial charge in [-0.1, -0.05) is 37.9 Å². The van der Waals surface area contributed by atoms with Crippen molar-refractivity contribution in [2.45, 2.75) is 158 Å². The van der Waals surface area contributed by atoms with E-state index in [0.717, 1.165) is 16.9 Å². The maximum Gasteiger partial charge on any atom is 0.403 e. The van der Waals surface area contributed by atoms with Crippen LogP contribution in [0.15, 0.2) is 29.9 Å². The number of likely N-dealkylation sites (tertiary alicyclic amines) is 1. The number of alkyl halides is 4. The molecular weight excluding hydrogens is 956 g/mol. The van der Waals surface area contributed by atoms with Crippen molar-refractivity contribution < 1.29 is 51.1 Å². The van der Waals surface area contributed by atoms with Crippen LogP contribution in [0.4, 0.5) is 17.6 Å². The first-order valence-corrected chi connectivity index (χ1v) is 25.8. The van der Waals surface area contributed by atoms with Gasteiger partial charge in [-0.05, 0) is 118 Å². The average molecular weight is 1020 g/mol. The molecule has 8 rings (SSSR count). The minimum Gasteiger partial charge on any atom is -0.354 e. The number of amides is 7. The second kappa shape index (κ2) is 20.0. The molecule has 6 atom stereocenters. The zero-order chi connectivity index (χ0) is 50.5. The van der Waals surface area contributed by atoms with Crippen molar-refractivity contribution in [2.24, 2.45) is 22.7 Å². The summed E-state index contributed by atoms with van der Waals surface area (Å²) in [6, 6.07) is -1.18. The lowest BCUT2D eigenvalue weighted by Crippen LogP contribution is -2.66. The van der Waals surface area contributed by atoms with Crippen molar-refractivity contribution in [1.82, 2.24) is 41.0 Å². The van der Waals surface area contributed by atoms with Crippen molar-refractivity contribution in [3.05, 3.63) is 40.5 Å². The van der Waals surface area contributed by atoms with Crippen molar-refractivity contribution in [3.63, 3.8) is 0 Å². The standard InChI is InChI=1S/C49H63ClF4N8O7S/c1-27(2)18-33-42(66)61(4)35(20-29-19-30(50)11-12-32(29)37-22-55-26-70-37)41(65)59-48(15-16-48)44(68)56-17-6-5-8-34(39(63)57-33)60(3)43(67)38(28-9-10-28)58-40(64)36-21-31(51)23-62(36)45(69)47(49(52,53)54)24-46(25-47)13-7-14-46/h11-12,19,22,26-28,31,33-36,38H,5-10,13-18,20-21,23-25H2,1-4H3,(H,56,68)(H,57,63)(H,58,64)(H,59,65)/t31-,33+,34+,35+,36+,38+/m1/s1. The Morgan fingerprint density at radius 1 is 1.01 bits per heavy atom. The molecule has 6 aliphatic rings. The van der Waals surface area contributed by atoms with Gasteiger partial charge in [0.25, 0.3) is 0 Å². The third kappa shape index (κ3) is 10.4. The molecule has 1 aromatic carbocycles. The molecule has 15 nitrogen and oxygen atoms in total. The summed E-state index contributed by atoms with van der Waals surface area (Å²) < 4.78 is 59.3. The fraction of sp³-hybridized carbons (Fsp3) is 0.673. The average Bonchev–Trinajstić information content (AvgIpc) is 4.17. The molecule has 2 aromatic rings. The van der Waals surface area contributed by atoms with E-state index < -0.39 is 126 Å². The number of aromatic nitrogens is 1. The molecule has 4 aliphatic carbocycles. The number of nitrogens with zero attached hydrogens (tertiary/aromatic N) is 4. The fourth-order valence-corrected chi connectivity index (χ4v) is 12.1. The second-order valence-corrected chi connectivity index (χ2v) is 22.6. The van der Waals surface area contributed by atoms with E-state index >= 15 is 4.39 Å². The van der Waals surface area contributed by atoms with Gasteiger partial charge in [0.05, 0.1) is 16.9 Å². The quantitative estimate of drug-likeness (QED) is 0.213. The molecule has 0 unspecified atom stereocenters. The normalized spacial score (nSPS) is 27.3. The van der Waals surface area contributed by atoms with E-state index in [1.54, 1.807) is 23.8 Å². The number of likely N-dealkylation sites (N-methyl/N-ethyl adjacent to an activating group) is 2. The Balaban J connectivity index is 1.04. The highest BCUT2D eigenvalue weighted by Crippen LogP contribution is 2.69. The number of nitrogens with one attached hydrogen (secondary N) is 4. The third-order valence-corrected chi connectivity index (χ3v) is 16.7. The van der Waals surface area contributed by atoms with Gasteiger partial charge in [0.1, 0.15) is 47.3 Å².